The van der Waals surface area contributed by atoms with Gasteiger partial charge < -0.3 is 9.64 Å². The maximum Gasteiger partial charge on any atom is 0.115 e. The number of aryl methyl sites for hydroxylation is 1. The van der Waals surface area contributed by atoms with Crippen LogP contribution in [-0.4, -0.2) is 50.9 Å². The Bertz CT molecular complexity index is 665. The van der Waals surface area contributed by atoms with E-state index < -0.39 is 0 Å². The average Bonchev–Trinajstić information content (AvgIpc) is 3.09. The number of nitrogens with zero attached hydrogens (tertiary/aromatic N) is 5. The van der Waals surface area contributed by atoms with Gasteiger partial charge in [-0.25, -0.2) is 9.97 Å². The summed E-state index contributed by atoms with van der Waals surface area (Å²) in [6.07, 6.45) is 10.3. The molecule has 0 spiro atoms. The highest BCUT2D eigenvalue weighted by atomic mass is 16.5. The molecular weight excluding hydrogens is 314 g/mol. The topological polar surface area (TPSA) is 56.1 Å². The van der Waals surface area contributed by atoms with Gasteiger partial charge in [0.05, 0.1) is 5.69 Å². The van der Waals surface area contributed by atoms with Crippen molar-refractivity contribution in [3.05, 3.63) is 42.2 Å². The van der Waals surface area contributed by atoms with E-state index in [1.807, 2.05) is 24.1 Å². The number of aromatic nitrogens is 4. The van der Waals surface area contributed by atoms with Crippen molar-refractivity contribution in [2.75, 3.05) is 26.2 Å². The van der Waals surface area contributed by atoms with E-state index in [-0.39, 0.29) is 6.10 Å². The minimum Gasteiger partial charge on any atom is -0.372 e. The molecule has 2 aromatic heterocycles. The van der Waals surface area contributed by atoms with Gasteiger partial charge >= 0.3 is 0 Å². The highest BCUT2D eigenvalue weighted by Gasteiger charge is 2.32. The van der Waals surface area contributed by atoms with E-state index in [1.165, 1.54) is 30.7 Å². The third-order valence-electron chi connectivity index (χ3n) is 5.70. The zero-order valence-electron chi connectivity index (χ0n) is 14.9. The Balaban J connectivity index is 1.36. The van der Waals surface area contributed by atoms with E-state index in [0.29, 0.717) is 11.8 Å². The van der Waals surface area contributed by atoms with E-state index in [4.69, 9.17) is 4.74 Å². The van der Waals surface area contributed by atoms with E-state index in [9.17, 15) is 0 Å². The van der Waals surface area contributed by atoms with Crippen LogP contribution in [0.15, 0.2) is 30.9 Å². The molecule has 0 radical (unpaired) electrons. The van der Waals surface area contributed by atoms with Gasteiger partial charge in [-0.1, -0.05) is 0 Å². The molecule has 0 aromatic carbocycles. The number of ether oxygens (including phenoxy) is 1. The third-order valence-corrected chi connectivity index (χ3v) is 5.70. The first-order valence-corrected chi connectivity index (χ1v) is 9.39. The van der Waals surface area contributed by atoms with Crippen molar-refractivity contribution in [2.45, 2.75) is 37.7 Å². The number of hydrogen-bond acceptors (Lipinski definition) is 5. The Morgan fingerprint density at radius 2 is 2.04 bits per heavy atom. The third kappa shape index (κ3) is 3.75. The molecule has 25 heavy (non-hydrogen) atoms. The molecule has 0 saturated carbocycles. The Labute approximate surface area is 149 Å². The van der Waals surface area contributed by atoms with Crippen LogP contribution in [0.5, 0.6) is 0 Å². The van der Waals surface area contributed by atoms with Crippen molar-refractivity contribution in [1.82, 2.24) is 24.6 Å². The van der Waals surface area contributed by atoms with Crippen LogP contribution in [0, 0.1) is 5.92 Å². The zero-order chi connectivity index (χ0) is 17.1. The molecule has 4 heterocycles. The second-order valence-electron chi connectivity index (χ2n) is 7.28. The molecule has 0 amide bonds. The SMILES string of the molecule is Cn1nccc1[C@@H]1OCCC[C@H]1CN1CCC(c2ccncn2)CC1. The molecule has 2 aromatic rings. The maximum atomic E-state index is 6.14. The lowest BCUT2D eigenvalue weighted by Crippen LogP contribution is -2.40. The fraction of sp³-hybridized carbons (Fsp3) is 0.632. The second-order valence-corrected chi connectivity index (χ2v) is 7.28. The average molecular weight is 341 g/mol. The van der Waals surface area contributed by atoms with Crippen molar-refractivity contribution in [3.8, 4) is 0 Å². The van der Waals surface area contributed by atoms with E-state index >= 15 is 0 Å². The standard InChI is InChI=1S/C19H27N5O/c1-23-18(5-9-22-23)19-16(3-2-12-25-19)13-24-10-6-15(7-11-24)17-4-8-20-14-21-17/h4-5,8-9,14-16,19H,2-3,6-7,10-13H2,1H3/t16-,19+/m0/s1. The fourth-order valence-electron chi connectivity index (χ4n) is 4.31. The largest absolute Gasteiger partial charge is 0.372 e. The molecule has 0 bridgehead atoms. The fourth-order valence-corrected chi connectivity index (χ4v) is 4.31. The summed E-state index contributed by atoms with van der Waals surface area (Å²) in [5.74, 6) is 1.13. The van der Waals surface area contributed by atoms with Gasteiger partial charge in [0, 0.05) is 50.1 Å². The molecule has 2 aliphatic rings. The predicted molar refractivity (Wildman–Crippen MR) is 95.1 cm³/mol. The van der Waals surface area contributed by atoms with Crippen LogP contribution in [0.4, 0.5) is 0 Å². The van der Waals surface area contributed by atoms with E-state index in [1.54, 1.807) is 6.33 Å². The van der Waals surface area contributed by atoms with Crippen molar-refractivity contribution in [1.29, 1.82) is 0 Å². The summed E-state index contributed by atoms with van der Waals surface area (Å²) in [6, 6.07) is 4.16. The summed E-state index contributed by atoms with van der Waals surface area (Å²) in [4.78, 5) is 11.1. The van der Waals surface area contributed by atoms with E-state index in [2.05, 4.69) is 32.1 Å². The van der Waals surface area contributed by atoms with Gasteiger partial charge in [-0.15, -0.1) is 0 Å². The van der Waals surface area contributed by atoms with Gasteiger partial charge in [0.2, 0.25) is 0 Å². The number of hydrogen-bond donors (Lipinski definition) is 0. The van der Waals surface area contributed by atoms with Gasteiger partial charge in [0.1, 0.15) is 12.4 Å². The van der Waals surface area contributed by atoms with Gasteiger partial charge in [-0.05, 0) is 50.9 Å². The Hall–Kier alpha value is -1.79. The van der Waals surface area contributed by atoms with E-state index in [0.717, 1.165) is 32.7 Å². The van der Waals surface area contributed by atoms with Crippen molar-refractivity contribution in [2.24, 2.45) is 13.0 Å². The van der Waals surface area contributed by atoms with Crippen LogP contribution in [0.2, 0.25) is 0 Å². The van der Waals surface area contributed by atoms with Crippen LogP contribution < -0.4 is 0 Å². The van der Waals surface area contributed by atoms with Crippen LogP contribution in [0.25, 0.3) is 0 Å². The van der Waals surface area contributed by atoms with Gasteiger partial charge in [0.15, 0.2) is 0 Å². The van der Waals surface area contributed by atoms with Gasteiger partial charge in [0.25, 0.3) is 0 Å². The quantitative estimate of drug-likeness (QED) is 0.855. The summed E-state index contributed by atoms with van der Waals surface area (Å²) in [5, 5.41) is 4.33. The predicted octanol–water partition coefficient (Wildman–Crippen LogP) is 2.56. The highest BCUT2D eigenvalue weighted by Crippen LogP contribution is 2.35. The van der Waals surface area contributed by atoms with Crippen LogP contribution >= 0.6 is 0 Å². The lowest BCUT2D eigenvalue weighted by Gasteiger charge is -2.38. The first kappa shape index (κ1) is 16.7. The molecular formula is C19H27N5O. The number of likely N-dealkylation sites (tertiary alicyclic amines) is 1. The molecule has 2 aliphatic heterocycles. The Morgan fingerprint density at radius 3 is 2.76 bits per heavy atom. The van der Waals surface area contributed by atoms with Crippen molar-refractivity contribution < 1.29 is 4.74 Å². The van der Waals surface area contributed by atoms with Crippen LogP contribution in [0.3, 0.4) is 0 Å². The first-order valence-electron chi connectivity index (χ1n) is 9.39. The number of rotatable bonds is 4. The minimum absolute atomic E-state index is 0.181. The molecule has 134 valence electrons. The summed E-state index contributed by atoms with van der Waals surface area (Å²) < 4.78 is 8.11. The van der Waals surface area contributed by atoms with Crippen molar-refractivity contribution in [3.63, 3.8) is 0 Å². The van der Waals surface area contributed by atoms with Crippen LogP contribution in [0.1, 0.15) is 49.1 Å². The maximum absolute atomic E-state index is 6.14. The normalized spacial score (nSPS) is 26.0. The Morgan fingerprint density at radius 1 is 1.16 bits per heavy atom. The molecule has 0 unspecified atom stereocenters. The molecule has 2 fully saturated rings. The zero-order valence-corrected chi connectivity index (χ0v) is 14.9. The highest BCUT2D eigenvalue weighted by molar-refractivity contribution is 5.09. The molecule has 0 aliphatic carbocycles. The summed E-state index contributed by atoms with van der Waals surface area (Å²) >= 11 is 0. The lowest BCUT2D eigenvalue weighted by atomic mass is 9.89. The van der Waals surface area contributed by atoms with Gasteiger partial charge in [-0.2, -0.15) is 5.10 Å². The number of piperidine rings is 1. The lowest BCUT2D eigenvalue weighted by molar-refractivity contribution is -0.0449. The van der Waals surface area contributed by atoms with Gasteiger partial charge in [-0.3, -0.25) is 4.68 Å². The second kappa shape index (κ2) is 7.62. The Kier molecular flexibility index (Phi) is 5.08. The first-order chi connectivity index (χ1) is 12.3. The van der Waals surface area contributed by atoms with Crippen molar-refractivity contribution >= 4 is 0 Å². The summed E-state index contributed by atoms with van der Waals surface area (Å²) in [7, 11) is 2.01. The summed E-state index contributed by atoms with van der Waals surface area (Å²) in [5.41, 5.74) is 2.41. The molecule has 4 rings (SSSR count). The monoisotopic (exact) mass is 341 g/mol. The molecule has 2 saturated heterocycles. The molecule has 2 atom stereocenters. The van der Waals surface area contributed by atoms with Crippen LogP contribution in [-0.2, 0) is 11.8 Å². The molecule has 6 heteroatoms. The molecule has 0 N–H and O–H groups in total. The minimum atomic E-state index is 0.181. The summed E-state index contributed by atoms with van der Waals surface area (Å²) in [6.45, 7) is 4.26. The molecule has 6 nitrogen and oxygen atoms in total. The smallest absolute Gasteiger partial charge is 0.115 e.